The van der Waals surface area contributed by atoms with Crippen molar-refractivity contribution in [2.45, 2.75) is 100 Å². The zero-order valence-electron chi connectivity index (χ0n) is 30.0. The molecule has 2 heterocycles. The predicted molar refractivity (Wildman–Crippen MR) is 201 cm³/mol. The zero-order valence-corrected chi connectivity index (χ0v) is 31.6. The van der Waals surface area contributed by atoms with E-state index in [0.717, 1.165) is 37.6 Å². The molecular weight excluding hydrogens is 673 g/mol. The summed E-state index contributed by atoms with van der Waals surface area (Å²) in [5.74, 6) is -0.155. The Morgan fingerprint density at radius 2 is 1.24 bits per heavy atom. The Kier molecular flexibility index (Phi) is 13.2. The molecule has 10 nitrogen and oxygen atoms in total. The van der Waals surface area contributed by atoms with Crippen molar-refractivity contribution in [3.05, 3.63) is 123 Å². The summed E-state index contributed by atoms with van der Waals surface area (Å²) in [6, 6.07) is 12.4. The maximum Gasteiger partial charge on any atom is 0.329 e. The fraction of sp³-hybridized carbons (Fsp3) is 0.421. The molecule has 50 heavy (non-hydrogen) atoms. The molecule has 0 amide bonds. The highest BCUT2D eigenvalue weighted by molar-refractivity contribution is 7.99. The van der Waals surface area contributed by atoms with Crippen LogP contribution >= 0.6 is 23.5 Å². The molecular formula is C38H48N4O6S2. The molecule has 0 aliphatic heterocycles. The van der Waals surface area contributed by atoms with Crippen LogP contribution < -0.4 is 22.5 Å². The average Bonchev–Trinajstić information content (AvgIpc) is 3.39. The Morgan fingerprint density at radius 3 is 1.72 bits per heavy atom. The maximum atomic E-state index is 12.8. The number of aryl methyl sites for hydroxylation is 4. The summed E-state index contributed by atoms with van der Waals surface area (Å²) in [5, 5.41) is 20.5. The van der Waals surface area contributed by atoms with Gasteiger partial charge in [-0.15, -0.1) is 0 Å². The first-order chi connectivity index (χ1) is 23.6. The quantitative estimate of drug-likeness (QED) is 0.0996. The van der Waals surface area contributed by atoms with E-state index in [9.17, 15) is 29.4 Å². The second-order valence-electron chi connectivity index (χ2n) is 13.7. The number of hydrogen-bond acceptors (Lipinski definition) is 8. The highest BCUT2D eigenvalue weighted by Gasteiger charge is 2.28. The second kappa shape index (κ2) is 16.9. The van der Waals surface area contributed by atoms with E-state index in [2.05, 4.69) is 39.2 Å². The van der Waals surface area contributed by atoms with Gasteiger partial charge in [-0.05, 0) is 98.4 Å². The molecule has 2 aromatic heterocycles. The number of hydrogen-bond donors (Lipinski definition) is 5. The lowest BCUT2D eigenvalue weighted by Gasteiger charge is -2.19. The number of allylic oxidation sites excluding steroid dienone is 1. The highest BCUT2D eigenvalue weighted by Crippen LogP contribution is 2.36. The SMILES string of the molecule is Cc1cc(C)cc(Sc2[nH]c(=O)[nH]c(=O)c2C(C)C)c1.Cc1cc(C)cc(Sc2c(C(C)C)c(=O)[nH]c(=O)n2CC2=CC(CO)C(CO)C2)c1. The Labute approximate surface area is 300 Å². The summed E-state index contributed by atoms with van der Waals surface area (Å²) >= 11 is 2.86. The molecule has 4 aromatic rings. The van der Waals surface area contributed by atoms with Crippen LogP contribution in [-0.2, 0) is 6.54 Å². The van der Waals surface area contributed by atoms with Crippen molar-refractivity contribution >= 4 is 23.5 Å². The van der Waals surface area contributed by atoms with Crippen LogP contribution in [0.4, 0.5) is 0 Å². The van der Waals surface area contributed by atoms with Gasteiger partial charge in [0, 0.05) is 35.5 Å². The molecule has 0 bridgehead atoms. The summed E-state index contributed by atoms with van der Waals surface area (Å²) in [5.41, 5.74) is 5.20. The minimum atomic E-state index is -0.466. The number of benzene rings is 2. The van der Waals surface area contributed by atoms with E-state index < -0.39 is 11.4 Å². The third-order valence-electron chi connectivity index (χ3n) is 8.49. The Balaban J connectivity index is 0.000000244. The maximum absolute atomic E-state index is 12.8. The summed E-state index contributed by atoms with van der Waals surface area (Å²) in [4.78, 5) is 58.4. The predicted octanol–water partition coefficient (Wildman–Crippen LogP) is 5.93. The van der Waals surface area contributed by atoms with Gasteiger partial charge in [-0.2, -0.15) is 0 Å². The summed E-state index contributed by atoms with van der Waals surface area (Å²) in [6.45, 7) is 16.2. The normalized spacial score (nSPS) is 15.7. The van der Waals surface area contributed by atoms with E-state index in [0.29, 0.717) is 34.1 Å². The molecule has 0 saturated heterocycles. The monoisotopic (exact) mass is 720 g/mol. The van der Waals surface area contributed by atoms with Gasteiger partial charge in [0.05, 0.1) is 21.2 Å². The number of H-pyrrole nitrogens is 3. The van der Waals surface area contributed by atoms with Gasteiger partial charge in [0.25, 0.3) is 11.1 Å². The summed E-state index contributed by atoms with van der Waals surface area (Å²) < 4.78 is 1.62. The molecule has 0 radical (unpaired) electrons. The standard InChI is InChI=1S/C23H30N2O4S.C15H18N2O2S/c1-13(2)20-21(28)24-23(29)25(10-16-8-17(11-26)18(9-16)12-27)22(20)30-19-6-14(3)5-15(4)7-19;1-8(2)12-13(18)16-15(19)17-14(12)20-11-6-9(3)5-10(4)7-11/h5-8,13,17-18,26-27H,9-12H2,1-4H3,(H,24,28,29);5-8H,1-4H3,(H2,16,17,18,19). The number of aliphatic hydroxyl groups is 2. The zero-order chi connectivity index (χ0) is 36.9. The molecule has 12 heteroatoms. The topological polar surface area (TPSA) is 161 Å². The minimum absolute atomic E-state index is 0.00678. The van der Waals surface area contributed by atoms with Crippen LogP contribution in [0.3, 0.4) is 0 Å². The van der Waals surface area contributed by atoms with Gasteiger partial charge in [0.15, 0.2) is 0 Å². The van der Waals surface area contributed by atoms with Crippen molar-refractivity contribution in [2.24, 2.45) is 11.8 Å². The summed E-state index contributed by atoms with van der Waals surface area (Å²) in [6.07, 6.45) is 2.58. The number of aliphatic hydroxyl groups excluding tert-OH is 2. The fourth-order valence-corrected chi connectivity index (χ4v) is 9.06. The molecule has 268 valence electrons. The van der Waals surface area contributed by atoms with Crippen molar-refractivity contribution in [2.75, 3.05) is 13.2 Å². The van der Waals surface area contributed by atoms with E-state index >= 15 is 0 Å². The largest absolute Gasteiger partial charge is 0.396 e. The van der Waals surface area contributed by atoms with Gasteiger partial charge in [-0.1, -0.05) is 75.0 Å². The molecule has 5 rings (SSSR count). The molecule has 0 spiro atoms. The number of nitrogens with zero attached hydrogens (tertiary/aromatic N) is 1. The number of aromatic amines is 3. The van der Waals surface area contributed by atoms with Crippen LogP contribution in [0.2, 0.25) is 0 Å². The van der Waals surface area contributed by atoms with Crippen molar-refractivity contribution in [1.82, 2.24) is 19.5 Å². The third-order valence-corrected chi connectivity index (χ3v) is 10.6. The highest BCUT2D eigenvalue weighted by atomic mass is 32.2. The fourth-order valence-electron chi connectivity index (χ4n) is 6.34. The average molecular weight is 721 g/mol. The lowest BCUT2D eigenvalue weighted by atomic mass is 9.97. The second-order valence-corrected chi connectivity index (χ2v) is 15.8. The van der Waals surface area contributed by atoms with Gasteiger partial charge < -0.3 is 15.2 Å². The van der Waals surface area contributed by atoms with Gasteiger partial charge in [0.1, 0.15) is 0 Å². The van der Waals surface area contributed by atoms with Crippen LogP contribution in [0.15, 0.2) is 87.1 Å². The van der Waals surface area contributed by atoms with Gasteiger partial charge in [0.2, 0.25) is 0 Å². The van der Waals surface area contributed by atoms with Gasteiger partial charge in [-0.3, -0.25) is 24.1 Å². The van der Waals surface area contributed by atoms with E-state index in [4.69, 9.17) is 0 Å². The van der Waals surface area contributed by atoms with E-state index in [-0.39, 0.29) is 48.0 Å². The first kappa shape index (κ1) is 39.0. The Hall–Kier alpha value is -3.84. The summed E-state index contributed by atoms with van der Waals surface area (Å²) in [7, 11) is 0. The minimum Gasteiger partial charge on any atom is -0.396 e. The van der Waals surface area contributed by atoms with E-state index in [1.807, 2.05) is 73.6 Å². The van der Waals surface area contributed by atoms with E-state index in [1.54, 1.807) is 4.57 Å². The number of aromatic nitrogens is 4. The van der Waals surface area contributed by atoms with Crippen LogP contribution in [0, 0.1) is 39.5 Å². The number of rotatable bonds is 10. The molecule has 0 saturated carbocycles. The lowest BCUT2D eigenvalue weighted by Crippen LogP contribution is -2.34. The first-order valence-electron chi connectivity index (χ1n) is 16.8. The Bertz CT molecular complexity index is 2070. The smallest absolute Gasteiger partial charge is 0.329 e. The van der Waals surface area contributed by atoms with Gasteiger partial charge >= 0.3 is 11.4 Å². The van der Waals surface area contributed by atoms with E-state index in [1.165, 1.54) is 23.5 Å². The Morgan fingerprint density at radius 1 is 0.720 bits per heavy atom. The third kappa shape index (κ3) is 9.69. The number of nitrogens with one attached hydrogen (secondary N) is 3. The van der Waals surface area contributed by atoms with Gasteiger partial charge in [-0.25, -0.2) is 9.59 Å². The van der Waals surface area contributed by atoms with Crippen molar-refractivity contribution in [3.8, 4) is 0 Å². The molecule has 2 atom stereocenters. The van der Waals surface area contributed by atoms with Crippen LogP contribution in [0.1, 0.15) is 79.3 Å². The molecule has 5 N–H and O–H groups in total. The van der Waals surface area contributed by atoms with Crippen molar-refractivity contribution in [1.29, 1.82) is 0 Å². The van der Waals surface area contributed by atoms with Crippen molar-refractivity contribution in [3.63, 3.8) is 0 Å². The van der Waals surface area contributed by atoms with Crippen LogP contribution in [0.25, 0.3) is 0 Å². The van der Waals surface area contributed by atoms with Crippen LogP contribution in [-0.4, -0.2) is 42.9 Å². The molecule has 0 fully saturated rings. The van der Waals surface area contributed by atoms with Crippen LogP contribution in [0.5, 0.6) is 0 Å². The molecule has 2 unspecified atom stereocenters. The van der Waals surface area contributed by atoms with Crippen molar-refractivity contribution < 1.29 is 10.2 Å². The first-order valence-corrected chi connectivity index (χ1v) is 18.4. The molecule has 2 aromatic carbocycles. The lowest BCUT2D eigenvalue weighted by molar-refractivity contribution is 0.154. The molecule has 1 aliphatic carbocycles. The molecule has 1 aliphatic rings.